The second-order valence-electron chi connectivity index (χ2n) is 7.42. The number of nitrogens with zero attached hydrogens (tertiary/aromatic N) is 3. The second-order valence-corrected chi connectivity index (χ2v) is 8.80. The molecule has 0 atom stereocenters. The van der Waals surface area contributed by atoms with Gasteiger partial charge in [0.2, 0.25) is 11.8 Å². The molecule has 1 heterocycles. The van der Waals surface area contributed by atoms with E-state index in [-0.39, 0.29) is 24.1 Å². The Kier molecular flexibility index (Phi) is 9.16. The van der Waals surface area contributed by atoms with Crippen LogP contribution in [-0.2, 0) is 23.2 Å². The molecule has 1 aromatic heterocycles. The molecule has 0 saturated carbocycles. The number of carbonyl (C=O) groups is 2. The zero-order chi connectivity index (χ0) is 25.4. The Labute approximate surface area is 212 Å². The highest BCUT2D eigenvalue weighted by atomic mass is 35.5. The van der Waals surface area contributed by atoms with Crippen molar-refractivity contribution in [1.29, 1.82) is 0 Å². The van der Waals surface area contributed by atoms with Gasteiger partial charge >= 0.3 is 0 Å². The van der Waals surface area contributed by atoms with Crippen LogP contribution in [0.25, 0.3) is 6.08 Å². The molecule has 35 heavy (non-hydrogen) atoms. The molecule has 0 spiro atoms. The van der Waals surface area contributed by atoms with E-state index in [1.54, 1.807) is 56.2 Å². The number of thioether (sulfide) groups is 1. The fourth-order valence-electron chi connectivity index (χ4n) is 3.02. The monoisotopic (exact) mass is 515 g/mol. The lowest BCUT2D eigenvalue weighted by Crippen LogP contribution is -2.22. The van der Waals surface area contributed by atoms with Gasteiger partial charge in [0.15, 0.2) is 22.5 Å². The molecule has 11 heteroatoms. The molecule has 9 nitrogen and oxygen atoms in total. The molecule has 0 radical (unpaired) electrons. The number of anilines is 1. The predicted octanol–water partition coefficient (Wildman–Crippen LogP) is 3.85. The lowest BCUT2D eigenvalue weighted by Gasteiger charge is -2.09. The Morgan fingerprint density at radius 3 is 2.63 bits per heavy atom. The topological polar surface area (TPSA) is 107 Å². The summed E-state index contributed by atoms with van der Waals surface area (Å²) in [5.41, 5.74) is 2.39. The first kappa shape index (κ1) is 26.1. The van der Waals surface area contributed by atoms with Crippen LogP contribution in [0.5, 0.6) is 11.5 Å². The molecule has 3 aromatic rings. The molecule has 0 saturated heterocycles. The normalized spacial score (nSPS) is 10.9. The van der Waals surface area contributed by atoms with Gasteiger partial charge in [-0.05, 0) is 48.4 Å². The molecule has 0 aliphatic heterocycles. The lowest BCUT2D eigenvalue weighted by molar-refractivity contribution is -0.116. The van der Waals surface area contributed by atoms with Crippen LogP contribution in [0, 0.1) is 6.92 Å². The molecule has 0 unspecified atom stereocenters. The minimum Gasteiger partial charge on any atom is -0.493 e. The Hall–Kier alpha value is -3.50. The largest absolute Gasteiger partial charge is 0.493 e. The summed E-state index contributed by atoms with van der Waals surface area (Å²) in [5, 5.41) is 15.0. The molecule has 0 aliphatic rings. The zero-order valence-corrected chi connectivity index (χ0v) is 21.4. The summed E-state index contributed by atoms with van der Waals surface area (Å²) < 4.78 is 12.2. The van der Waals surface area contributed by atoms with Crippen LogP contribution < -0.4 is 20.1 Å². The molecule has 2 amide bonds. The maximum Gasteiger partial charge on any atom is 0.244 e. The molecule has 0 bridgehead atoms. The van der Waals surface area contributed by atoms with E-state index in [0.717, 1.165) is 11.1 Å². The van der Waals surface area contributed by atoms with Crippen LogP contribution in [0.3, 0.4) is 0 Å². The van der Waals surface area contributed by atoms with Gasteiger partial charge in [0, 0.05) is 23.8 Å². The van der Waals surface area contributed by atoms with E-state index in [4.69, 9.17) is 21.1 Å². The highest BCUT2D eigenvalue weighted by Crippen LogP contribution is 2.28. The molecule has 3 rings (SSSR count). The van der Waals surface area contributed by atoms with Gasteiger partial charge < -0.3 is 24.7 Å². The maximum absolute atomic E-state index is 12.3. The van der Waals surface area contributed by atoms with E-state index in [9.17, 15) is 9.59 Å². The molecule has 2 N–H and O–H groups in total. The van der Waals surface area contributed by atoms with Crippen molar-refractivity contribution >= 4 is 46.9 Å². The van der Waals surface area contributed by atoms with E-state index < -0.39 is 0 Å². The van der Waals surface area contributed by atoms with Crippen molar-refractivity contribution in [3.8, 4) is 11.5 Å². The number of halogens is 1. The van der Waals surface area contributed by atoms with E-state index in [0.29, 0.717) is 33.2 Å². The minimum atomic E-state index is -0.284. The van der Waals surface area contributed by atoms with Crippen LogP contribution in [0.4, 0.5) is 5.69 Å². The summed E-state index contributed by atoms with van der Waals surface area (Å²) in [6.45, 7) is 2.08. The third kappa shape index (κ3) is 7.24. The van der Waals surface area contributed by atoms with Crippen molar-refractivity contribution in [2.45, 2.75) is 18.6 Å². The zero-order valence-electron chi connectivity index (χ0n) is 19.8. The van der Waals surface area contributed by atoms with E-state index >= 15 is 0 Å². The number of rotatable bonds is 10. The van der Waals surface area contributed by atoms with Crippen molar-refractivity contribution in [2.24, 2.45) is 7.05 Å². The molecule has 2 aromatic carbocycles. The Morgan fingerprint density at radius 1 is 1.11 bits per heavy atom. The van der Waals surface area contributed by atoms with Crippen LogP contribution in [0.2, 0.25) is 5.02 Å². The molecule has 0 aliphatic carbocycles. The van der Waals surface area contributed by atoms with Crippen molar-refractivity contribution in [2.75, 3.05) is 25.3 Å². The van der Waals surface area contributed by atoms with Crippen molar-refractivity contribution in [1.82, 2.24) is 20.1 Å². The number of ether oxygens (including phenoxy) is 2. The highest BCUT2D eigenvalue weighted by Gasteiger charge is 2.13. The first-order valence-electron chi connectivity index (χ1n) is 10.6. The Morgan fingerprint density at radius 2 is 1.89 bits per heavy atom. The fourth-order valence-corrected chi connectivity index (χ4v) is 3.93. The summed E-state index contributed by atoms with van der Waals surface area (Å²) in [7, 11) is 4.90. The second kappa shape index (κ2) is 12.3. The number of hydrogen-bond donors (Lipinski definition) is 2. The van der Waals surface area contributed by atoms with Crippen molar-refractivity contribution in [3.05, 3.63) is 64.4 Å². The number of benzene rings is 2. The fraction of sp³-hybridized carbons (Fsp3) is 0.250. The predicted molar refractivity (Wildman–Crippen MR) is 137 cm³/mol. The van der Waals surface area contributed by atoms with Gasteiger partial charge in [0.05, 0.1) is 26.5 Å². The van der Waals surface area contributed by atoms with E-state index in [1.165, 1.54) is 17.8 Å². The van der Waals surface area contributed by atoms with Crippen molar-refractivity contribution in [3.63, 3.8) is 0 Å². The lowest BCUT2D eigenvalue weighted by atomic mass is 10.2. The Bertz CT molecular complexity index is 1240. The first-order chi connectivity index (χ1) is 16.8. The van der Waals surface area contributed by atoms with Gasteiger partial charge in [-0.25, -0.2) is 0 Å². The summed E-state index contributed by atoms with van der Waals surface area (Å²) >= 11 is 7.25. The number of aromatic nitrogens is 3. The van der Waals surface area contributed by atoms with Gasteiger partial charge in [-0.15, -0.1) is 10.2 Å². The van der Waals surface area contributed by atoms with Gasteiger partial charge in [-0.1, -0.05) is 35.5 Å². The number of carbonyl (C=O) groups excluding carboxylic acids is 2. The third-order valence-corrected chi connectivity index (χ3v) is 6.24. The summed E-state index contributed by atoms with van der Waals surface area (Å²) in [5.74, 6) is 1.44. The number of hydrogen-bond acceptors (Lipinski definition) is 7. The quantitative estimate of drug-likeness (QED) is 0.312. The standard InChI is InChI=1S/C24H26ClN5O4S/c1-15-5-8-17(25)12-18(15)27-23(32)14-35-24-29-28-21(30(24)2)13-26-22(31)10-7-16-6-9-19(33-3)20(11-16)34-4/h5-12H,13-14H2,1-4H3,(H,26,31)(H,27,32). The summed E-state index contributed by atoms with van der Waals surface area (Å²) in [4.78, 5) is 24.6. The minimum absolute atomic E-state index is 0.151. The summed E-state index contributed by atoms with van der Waals surface area (Å²) in [6, 6.07) is 10.7. The molecular weight excluding hydrogens is 490 g/mol. The average molecular weight is 516 g/mol. The maximum atomic E-state index is 12.3. The molecule has 0 fully saturated rings. The van der Waals surface area contributed by atoms with Gasteiger partial charge in [0.25, 0.3) is 0 Å². The van der Waals surface area contributed by atoms with Crippen LogP contribution >= 0.6 is 23.4 Å². The SMILES string of the molecule is COc1ccc(C=CC(=O)NCc2nnc(SCC(=O)Nc3cc(Cl)ccc3C)n2C)cc1OC. The van der Waals surface area contributed by atoms with Gasteiger partial charge in [-0.2, -0.15) is 0 Å². The van der Waals surface area contributed by atoms with Crippen molar-refractivity contribution < 1.29 is 19.1 Å². The number of nitrogens with one attached hydrogen (secondary N) is 2. The van der Waals surface area contributed by atoms with E-state index in [1.807, 2.05) is 19.1 Å². The smallest absolute Gasteiger partial charge is 0.244 e. The average Bonchev–Trinajstić information content (AvgIpc) is 3.21. The number of aryl methyl sites for hydroxylation is 1. The first-order valence-corrected chi connectivity index (χ1v) is 11.9. The molecular formula is C24H26ClN5O4S. The Balaban J connectivity index is 1.51. The number of methoxy groups -OCH3 is 2. The molecule has 184 valence electrons. The van der Waals surface area contributed by atoms with E-state index in [2.05, 4.69) is 20.8 Å². The van der Waals surface area contributed by atoms with Crippen LogP contribution in [0.1, 0.15) is 17.0 Å². The van der Waals surface area contributed by atoms with Crippen LogP contribution in [0.15, 0.2) is 47.6 Å². The number of amides is 2. The highest BCUT2D eigenvalue weighted by molar-refractivity contribution is 7.99. The third-order valence-electron chi connectivity index (χ3n) is 4.99. The van der Waals surface area contributed by atoms with Gasteiger partial charge in [-0.3, -0.25) is 9.59 Å². The van der Waals surface area contributed by atoms with Crippen LogP contribution in [-0.4, -0.2) is 46.6 Å². The summed E-state index contributed by atoms with van der Waals surface area (Å²) in [6.07, 6.45) is 3.10. The van der Waals surface area contributed by atoms with Gasteiger partial charge in [0.1, 0.15) is 0 Å².